The van der Waals surface area contributed by atoms with Gasteiger partial charge in [-0.3, -0.25) is 4.98 Å². The molecule has 0 unspecified atom stereocenters. The monoisotopic (exact) mass is 295 g/mol. The average molecular weight is 296 g/mol. The molecule has 1 aromatic rings. The molecule has 3 rings (SSSR count). The predicted molar refractivity (Wildman–Crippen MR) is 77.7 cm³/mol. The summed E-state index contributed by atoms with van der Waals surface area (Å²) in [6.07, 6.45) is 5.21. The third kappa shape index (κ3) is 2.67. The van der Waals surface area contributed by atoms with Gasteiger partial charge in [-0.25, -0.2) is 4.39 Å². The van der Waals surface area contributed by atoms with Gasteiger partial charge in [0.05, 0.1) is 11.6 Å². The van der Waals surface area contributed by atoms with Gasteiger partial charge in [-0.05, 0) is 31.4 Å². The van der Waals surface area contributed by atoms with Crippen molar-refractivity contribution < 1.29 is 4.39 Å². The van der Waals surface area contributed by atoms with Crippen molar-refractivity contribution >= 4 is 11.6 Å². The number of alkyl halides is 2. The van der Waals surface area contributed by atoms with Gasteiger partial charge in [-0.1, -0.05) is 6.07 Å². The summed E-state index contributed by atoms with van der Waals surface area (Å²) in [5.74, 6) is 0.376. The Morgan fingerprint density at radius 2 is 2.15 bits per heavy atom. The molecular weight excluding hydrogens is 277 g/mol. The molecule has 3 nitrogen and oxygen atoms in total. The first-order valence-corrected chi connectivity index (χ1v) is 7.44. The van der Waals surface area contributed by atoms with Crippen LogP contribution in [0.4, 0.5) is 4.39 Å². The lowest BCUT2D eigenvalue weighted by Gasteiger charge is -2.04. The van der Waals surface area contributed by atoms with Crippen LogP contribution in [0.5, 0.6) is 0 Å². The van der Waals surface area contributed by atoms with Gasteiger partial charge in [0.15, 0.2) is 0 Å². The highest BCUT2D eigenvalue weighted by molar-refractivity contribution is 6.16. The fourth-order valence-electron chi connectivity index (χ4n) is 2.66. The molecular formula is C15H19ClFN3. The minimum atomic E-state index is -0.817. The van der Waals surface area contributed by atoms with Crippen molar-refractivity contribution in [1.82, 2.24) is 15.3 Å². The lowest BCUT2D eigenvalue weighted by molar-refractivity contribution is 0.389. The Hall–Kier alpha value is -1.13. The number of hydrogen-bond acceptors (Lipinski definition) is 2. The number of nitrogens with one attached hydrogen (secondary N) is 2. The number of rotatable bonds is 5. The largest absolute Gasteiger partial charge is 0.366 e. The third-order valence-electron chi connectivity index (χ3n) is 4.24. The van der Waals surface area contributed by atoms with Gasteiger partial charge in [-0.2, -0.15) is 0 Å². The van der Waals surface area contributed by atoms with Crippen molar-refractivity contribution in [1.29, 1.82) is 0 Å². The molecule has 20 heavy (non-hydrogen) atoms. The first-order chi connectivity index (χ1) is 9.57. The molecule has 2 aliphatic carbocycles. The molecule has 0 amide bonds. The van der Waals surface area contributed by atoms with Crippen molar-refractivity contribution in [2.45, 2.75) is 37.9 Å². The summed E-state index contributed by atoms with van der Waals surface area (Å²) in [7, 11) is 0. The third-order valence-corrected chi connectivity index (χ3v) is 4.52. The van der Waals surface area contributed by atoms with Crippen molar-refractivity contribution in [3.05, 3.63) is 41.5 Å². The van der Waals surface area contributed by atoms with E-state index in [1.54, 1.807) is 6.20 Å². The Bertz CT molecular complexity index is 562. The molecule has 0 atom stereocenters. The van der Waals surface area contributed by atoms with Gasteiger partial charge in [0.2, 0.25) is 0 Å². The van der Waals surface area contributed by atoms with Crippen LogP contribution < -0.4 is 5.32 Å². The molecule has 1 aromatic heterocycles. The van der Waals surface area contributed by atoms with Gasteiger partial charge >= 0.3 is 0 Å². The molecule has 2 aliphatic rings. The lowest BCUT2D eigenvalue weighted by atomic mass is 10.2. The number of aromatic nitrogens is 2. The molecule has 2 saturated carbocycles. The summed E-state index contributed by atoms with van der Waals surface area (Å²) in [6, 6.07) is 3.98. The van der Waals surface area contributed by atoms with Crippen LogP contribution in [0.2, 0.25) is 0 Å². The topological polar surface area (TPSA) is 40.7 Å². The zero-order chi connectivity index (χ0) is 14.2. The van der Waals surface area contributed by atoms with Crippen LogP contribution in [0.25, 0.3) is 0 Å². The van der Waals surface area contributed by atoms with Gasteiger partial charge in [0.1, 0.15) is 5.67 Å². The fourth-order valence-corrected chi connectivity index (χ4v) is 2.79. The Balaban J connectivity index is 1.65. The van der Waals surface area contributed by atoms with Gasteiger partial charge in [-0.15, -0.1) is 11.6 Å². The van der Waals surface area contributed by atoms with E-state index in [9.17, 15) is 4.39 Å². The summed E-state index contributed by atoms with van der Waals surface area (Å²) in [4.78, 5) is 7.49. The van der Waals surface area contributed by atoms with Gasteiger partial charge < -0.3 is 10.3 Å². The van der Waals surface area contributed by atoms with E-state index in [-0.39, 0.29) is 5.41 Å². The smallest absolute Gasteiger partial charge is 0.119 e. The van der Waals surface area contributed by atoms with Crippen molar-refractivity contribution in [3.63, 3.8) is 0 Å². The number of fused-ring (bicyclic) bond motifs is 1. The molecule has 0 bridgehead atoms. The molecule has 0 saturated heterocycles. The van der Waals surface area contributed by atoms with E-state index in [1.807, 2.05) is 25.3 Å². The van der Waals surface area contributed by atoms with Crippen LogP contribution >= 0.6 is 11.6 Å². The van der Waals surface area contributed by atoms with Crippen molar-refractivity contribution in [2.75, 3.05) is 6.54 Å². The first-order valence-electron chi connectivity index (χ1n) is 6.90. The molecule has 108 valence electrons. The highest BCUT2D eigenvalue weighted by Gasteiger charge is 2.84. The number of hydrogen-bond donors (Lipinski definition) is 2. The quantitative estimate of drug-likeness (QED) is 0.819. The Kier molecular flexibility index (Phi) is 3.46. The van der Waals surface area contributed by atoms with Crippen molar-refractivity contribution in [3.8, 4) is 0 Å². The Labute approximate surface area is 123 Å². The number of aryl methyl sites for hydroxylation is 1. The van der Waals surface area contributed by atoms with E-state index in [2.05, 4.69) is 15.3 Å². The van der Waals surface area contributed by atoms with Crippen LogP contribution in [0, 0.1) is 12.3 Å². The van der Waals surface area contributed by atoms with Crippen LogP contribution in [-0.2, 0) is 12.4 Å². The van der Waals surface area contributed by atoms with Gasteiger partial charge in [0, 0.05) is 36.6 Å². The van der Waals surface area contributed by atoms with Crippen LogP contribution in [0.15, 0.2) is 24.5 Å². The maximum atomic E-state index is 13.5. The summed E-state index contributed by atoms with van der Waals surface area (Å²) in [5.41, 5.74) is 1.98. The standard InChI is InChI=1S/C15H19ClFN3/c1-11-2-3-12(5-18-7-13(4-16)20-11)6-19-10-14-8-15(14,17)9-14/h2-3,5,7,18-19H,4,6,8-10H2,1H3. The minimum Gasteiger partial charge on any atom is -0.366 e. The number of halogens is 2. The highest BCUT2D eigenvalue weighted by atomic mass is 35.5. The van der Waals surface area contributed by atoms with Crippen LogP contribution in [0.1, 0.15) is 29.8 Å². The number of aromatic amines is 1. The number of H-pyrrole nitrogens is 1. The zero-order valence-electron chi connectivity index (χ0n) is 11.5. The van der Waals surface area contributed by atoms with Crippen LogP contribution in [-0.4, -0.2) is 22.2 Å². The van der Waals surface area contributed by atoms with E-state index in [4.69, 9.17) is 11.6 Å². The molecule has 1 heterocycles. The SMILES string of the molecule is Cc1ccc(CNCC23CC2(F)C3)c[nH]cc(CCl)n1. The molecule has 5 heteroatoms. The summed E-state index contributed by atoms with van der Waals surface area (Å²) in [6.45, 7) is 3.43. The molecule has 0 spiro atoms. The zero-order valence-corrected chi connectivity index (χ0v) is 12.3. The summed E-state index contributed by atoms with van der Waals surface area (Å²) in [5, 5.41) is 3.35. The van der Waals surface area contributed by atoms with E-state index in [0.29, 0.717) is 5.88 Å². The summed E-state index contributed by atoms with van der Waals surface area (Å²) >= 11 is 5.81. The van der Waals surface area contributed by atoms with E-state index >= 15 is 0 Å². The van der Waals surface area contributed by atoms with E-state index in [1.165, 1.54) is 0 Å². The molecule has 2 fully saturated rings. The predicted octanol–water partition coefficient (Wildman–Crippen LogP) is 3.17. The maximum absolute atomic E-state index is 13.5. The van der Waals surface area contributed by atoms with E-state index < -0.39 is 5.67 Å². The molecule has 0 aliphatic heterocycles. The van der Waals surface area contributed by atoms with Crippen molar-refractivity contribution in [2.24, 2.45) is 5.41 Å². The second kappa shape index (κ2) is 5.01. The first kappa shape index (κ1) is 13.8. The highest BCUT2D eigenvalue weighted by Crippen LogP contribution is 2.80. The molecule has 2 N–H and O–H groups in total. The summed E-state index contributed by atoms with van der Waals surface area (Å²) < 4.78 is 13.5. The second-order valence-electron chi connectivity index (χ2n) is 5.94. The lowest BCUT2D eigenvalue weighted by Crippen LogP contribution is -2.19. The Morgan fingerprint density at radius 3 is 2.80 bits per heavy atom. The normalized spacial score (nSPS) is 29.6. The fraction of sp³-hybridized carbons (Fsp3) is 0.533. The van der Waals surface area contributed by atoms with Gasteiger partial charge in [0.25, 0.3) is 0 Å². The molecule has 0 radical (unpaired) electrons. The maximum Gasteiger partial charge on any atom is 0.119 e. The Morgan fingerprint density at radius 1 is 1.40 bits per heavy atom. The average Bonchev–Trinajstić information content (AvgIpc) is 3.15. The number of nitrogens with zero attached hydrogens (tertiary/aromatic N) is 1. The minimum absolute atomic E-state index is 0.0215. The van der Waals surface area contributed by atoms with E-state index in [0.717, 1.165) is 42.9 Å². The molecule has 0 aromatic carbocycles. The van der Waals surface area contributed by atoms with Crippen LogP contribution in [0.3, 0.4) is 0 Å². The second-order valence-corrected chi connectivity index (χ2v) is 6.21.